The van der Waals surface area contributed by atoms with Gasteiger partial charge in [0.1, 0.15) is 5.82 Å². The van der Waals surface area contributed by atoms with Gasteiger partial charge in [-0.05, 0) is 52.1 Å². The third-order valence-corrected chi connectivity index (χ3v) is 11.2. The highest BCUT2D eigenvalue weighted by Crippen LogP contribution is 2.40. The van der Waals surface area contributed by atoms with Gasteiger partial charge in [0.2, 0.25) is 10.0 Å². The molecular weight excluding hydrogens is 623 g/mol. The number of fused-ring (bicyclic) bond motifs is 1. The molecule has 1 aliphatic rings. The van der Waals surface area contributed by atoms with Crippen molar-refractivity contribution in [3.05, 3.63) is 46.4 Å². The van der Waals surface area contributed by atoms with Crippen LogP contribution in [0.2, 0.25) is 5.15 Å². The molecule has 1 aromatic carbocycles. The molecule has 5 rings (SSSR count). The van der Waals surface area contributed by atoms with E-state index in [0.29, 0.717) is 30.7 Å². The van der Waals surface area contributed by atoms with E-state index < -0.39 is 42.5 Å². The number of nitrogens with zero attached hydrogens (tertiary/aromatic N) is 5. The van der Waals surface area contributed by atoms with Crippen molar-refractivity contribution in [2.24, 2.45) is 0 Å². The Morgan fingerprint density at radius 1 is 1.17 bits per heavy atom. The van der Waals surface area contributed by atoms with Crippen molar-refractivity contribution in [2.45, 2.75) is 41.5 Å². The molecule has 2 N–H and O–H groups in total. The first-order valence-corrected chi connectivity index (χ1v) is 16.6. The van der Waals surface area contributed by atoms with Crippen LogP contribution in [0.4, 0.5) is 13.2 Å². The van der Waals surface area contributed by atoms with Gasteiger partial charge in [0.15, 0.2) is 21.0 Å². The molecule has 1 saturated carbocycles. The van der Waals surface area contributed by atoms with Gasteiger partial charge in [0.25, 0.3) is 6.43 Å². The number of pyridine rings is 1. The van der Waals surface area contributed by atoms with E-state index >= 15 is 4.39 Å². The molecule has 220 valence electrons. The van der Waals surface area contributed by atoms with Crippen LogP contribution >= 0.6 is 22.9 Å². The molecule has 0 amide bonds. The second-order valence-corrected chi connectivity index (χ2v) is 15.6. The van der Waals surface area contributed by atoms with Crippen LogP contribution in [0.3, 0.4) is 0 Å². The normalized spacial score (nSPS) is 16.5. The van der Waals surface area contributed by atoms with Crippen molar-refractivity contribution in [3.8, 4) is 22.0 Å². The summed E-state index contributed by atoms with van der Waals surface area (Å²) in [7, 11) is -3.91. The summed E-state index contributed by atoms with van der Waals surface area (Å²) < 4.78 is 94.1. The maximum Gasteiger partial charge on any atom is 0.291 e. The average molecular weight is 648 g/mol. The molecule has 1 aliphatic carbocycles. The topological polar surface area (TPSA) is 133 Å². The van der Waals surface area contributed by atoms with Gasteiger partial charge in [-0.3, -0.25) is 4.40 Å². The fourth-order valence-corrected chi connectivity index (χ4v) is 7.97. The van der Waals surface area contributed by atoms with Crippen LogP contribution in [-0.4, -0.2) is 69.0 Å². The van der Waals surface area contributed by atoms with Gasteiger partial charge in [0, 0.05) is 35.2 Å². The van der Waals surface area contributed by atoms with Crippen LogP contribution in [0.25, 0.3) is 27.5 Å². The maximum absolute atomic E-state index is 15.7. The van der Waals surface area contributed by atoms with E-state index in [2.05, 4.69) is 19.9 Å². The number of sulfonamides is 1. The van der Waals surface area contributed by atoms with E-state index in [0.717, 1.165) is 6.07 Å². The van der Waals surface area contributed by atoms with Crippen LogP contribution in [0, 0.1) is 10.6 Å². The van der Waals surface area contributed by atoms with Crippen LogP contribution in [-0.2, 0) is 19.8 Å². The zero-order valence-electron chi connectivity index (χ0n) is 22.0. The highest BCUT2D eigenvalue weighted by atomic mass is 35.5. The minimum absolute atomic E-state index is 0.0124. The van der Waals surface area contributed by atoms with Crippen molar-refractivity contribution >= 4 is 48.2 Å². The van der Waals surface area contributed by atoms with Gasteiger partial charge < -0.3 is 4.90 Å². The quantitative estimate of drug-likeness (QED) is 0.246. The SMILES string of the molecule is CN(C)CC[S@@](=N)(=O)c1ccc(-c2cc(S(=O)(=O)NC3(C)CC3)cn3c(-c4nnc(C(F)F)s4)nc(Cl)c23)c(F)c1. The summed E-state index contributed by atoms with van der Waals surface area (Å²) in [5.41, 5.74) is -0.583. The van der Waals surface area contributed by atoms with Crippen LogP contribution in [0.1, 0.15) is 31.2 Å². The third-order valence-electron chi connectivity index (χ3n) is 6.61. The molecular formula is C24H25ClF3N7O3S3. The maximum atomic E-state index is 15.7. The average Bonchev–Trinajstić information content (AvgIpc) is 3.26. The monoisotopic (exact) mass is 647 g/mol. The Hall–Kier alpha value is -2.63. The van der Waals surface area contributed by atoms with Crippen molar-refractivity contribution in [2.75, 3.05) is 26.4 Å². The zero-order chi connectivity index (χ0) is 29.9. The highest BCUT2D eigenvalue weighted by Gasteiger charge is 2.41. The van der Waals surface area contributed by atoms with E-state index in [1.165, 1.54) is 28.8 Å². The standard InChI is InChI=1S/C24H25ClF3N7O3S3/c1-24(6-7-24)33-41(37,38)14-10-16(15-5-4-13(11-17(15)26)40(29,36)9-8-34(2)3)18-19(25)30-21(35(18)12-14)23-32-31-22(39-23)20(27)28/h4-5,10-12,20,29,33H,6-9H2,1-3H3/t40-/m1/s1. The number of aromatic nitrogens is 4. The fourth-order valence-electron chi connectivity index (χ4n) is 4.08. The lowest BCUT2D eigenvalue weighted by Crippen LogP contribution is -2.34. The summed E-state index contributed by atoms with van der Waals surface area (Å²) in [5.74, 6) is -0.928. The number of nitrogens with one attached hydrogen (secondary N) is 2. The lowest BCUT2D eigenvalue weighted by atomic mass is 10.1. The first-order valence-electron chi connectivity index (χ1n) is 12.2. The van der Waals surface area contributed by atoms with E-state index in [-0.39, 0.29) is 48.2 Å². The number of alkyl halides is 2. The molecule has 41 heavy (non-hydrogen) atoms. The predicted octanol–water partition coefficient (Wildman–Crippen LogP) is 5.05. The smallest absolute Gasteiger partial charge is 0.291 e. The van der Waals surface area contributed by atoms with Crippen molar-refractivity contribution in [3.63, 3.8) is 0 Å². The van der Waals surface area contributed by atoms with Gasteiger partial charge in [0.05, 0.1) is 25.0 Å². The summed E-state index contributed by atoms with van der Waals surface area (Å²) in [6, 6.07) is 4.90. The molecule has 0 bridgehead atoms. The molecule has 1 atom stereocenters. The number of rotatable bonds is 10. The van der Waals surface area contributed by atoms with Crippen LogP contribution in [0.5, 0.6) is 0 Å². The Morgan fingerprint density at radius 3 is 2.46 bits per heavy atom. The van der Waals surface area contributed by atoms with Gasteiger partial charge in [-0.15, -0.1) is 10.2 Å². The van der Waals surface area contributed by atoms with E-state index in [9.17, 15) is 21.4 Å². The zero-order valence-corrected chi connectivity index (χ0v) is 25.2. The molecule has 0 aliphatic heterocycles. The van der Waals surface area contributed by atoms with Crippen molar-refractivity contribution in [1.82, 2.24) is 29.2 Å². The molecule has 0 saturated heterocycles. The lowest BCUT2D eigenvalue weighted by molar-refractivity contribution is 0.150. The number of imidazole rings is 1. The first-order chi connectivity index (χ1) is 19.1. The molecule has 3 heterocycles. The summed E-state index contributed by atoms with van der Waals surface area (Å²) >= 11 is 7.03. The predicted molar refractivity (Wildman–Crippen MR) is 150 cm³/mol. The second kappa shape index (κ2) is 10.6. The van der Waals surface area contributed by atoms with Crippen molar-refractivity contribution < 1.29 is 25.8 Å². The molecule has 4 aromatic rings. The Labute approximate surface area is 243 Å². The summed E-state index contributed by atoms with van der Waals surface area (Å²) in [6.45, 7) is 2.11. The Bertz CT molecular complexity index is 1870. The Kier molecular flexibility index (Phi) is 7.70. The van der Waals surface area contributed by atoms with Crippen LogP contribution < -0.4 is 4.72 Å². The van der Waals surface area contributed by atoms with Gasteiger partial charge >= 0.3 is 0 Å². The Morgan fingerprint density at radius 2 is 1.88 bits per heavy atom. The molecule has 0 unspecified atom stereocenters. The van der Waals surface area contributed by atoms with E-state index in [4.69, 9.17) is 16.4 Å². The second-order valence-electron chi connectivity index (χ2n) is 10.3. The first kappa shape index (κ1) is 29.8. The minimum atomic E-state index is -4.13. The number of hydrogen-bond donors (Lipinski definition) is 2. The largest absolute Gasteiger partial charge is 0.308 e. The molecule has 17 heteroatoms. The summed E-state index contributed by atoms with van der Waals surface area (Å²) in [4.78, 5) is 5.73. The van der Waals surface area contributed by atoms with Gasteiger partial charge in [-0.2, -0.15) is 0 Å². The Balaban J connectivity index is 1.71. The van der Waals surface area contributed by atoms with E-state index in [1.54, 1.807) is 25.9 Å². The summed E-state index contributed by atoms with van der Waals surface area (Å²) in [5, 5.41) is 6.48. The molecule has 1 fully saturated rings. The highest BCUT2D eigenvalue weighted by molar-refractivity contribution is 7.92. The fraction of sp³-hybridized carbons (Fsp3) is 0.375. The minimum Gasteiger partial charge on any atom is -0.308 e. The molecule has 10 nitrogen and oxygen atoms in total. The molecule has 0 spiro atoms. The van der Waals surface area contributed by atoms with Gasteiger partial charge in [-0.25, -0.2) is 40.3 Å². The van der Waals surface area contributed by atoms with Crippen molar-refractivity contribution in [1.29, 1.82) is 4.78 Å². The summed E-state index contributed by atoms with van der Waals surface area (Å²) in [6.07, 6.45) is -0.382. The lowest BCUT2D eigenvalue weighted by Gasteiger charge is -2.16. The molecule has 3 aromatic heterocycles. The van der Waals surface area contributed by atoms with Gasteiger partial charge in [-0.1, -0.05) is 29.0 Å². The van der Waals surface area contributed by atoms with E-state index in [1.807, 2.05) is 0 Å². The number of halogens is 4. The number of benzene rings is 1. The third kappa shape index (κ3) is 5.99. The number of hydrogen-bond acceptors (Lipinski definition) is 9. The molecule has 0 radical (unpaired) electrons. The van der Waals surface area contributed by atoms with Crippen LogP contribution in [0.15, 0.2) is 40.3 Å².